The minimum Gasteiger partial charge on any atom is -0.447 e. The van der Waals surface area contributed by atoms with Gasteiger partial charge in [0.1, 0.15) is 41.2 Å². The average molecular weight is 961 g/mol. The molecule has 19 heteroatoms. The molecule has 0 bridgehead atoms. The van der Waals surface area contributed by atoms with Gasteiger partial charge in [0.05, 0.1) is 40.8 Å². The predicted molar refractivity (Wildman–Crippen MR) is 268 cm³/mol. The van der Waals surface area contributed by atoms with Crippen LogP contribution in [0.3, 0.4) is 0 Å². The summed E-state index contributed by atoms with van der Waals surface area (Å²) in [5, 5.41) is 18.0. The molecule has 1 amide bonds. The molecule has 6 aromatic heterocycles. The summed E-state index contributed by atoms with van der Waals surface area (Å²) in [6.45, 7) is 10.5. The van der Waals surface area contributed by atoms with E-state index in [1.54, 1.807) is 40.5 Å². The number of anilines is 6. The van der Waals surface area contributed by atoms with Crippen molar-refractivity contribution in [3.8, 4) is 22.5 Å². The summed E-state index contributed by atoms with van der Waals surface area (Å²) in [6.07, 6.45) is 5.48. The van der Waals surface area contributed by atoms with E-state index in [4.69, 9.17) is 29.8 Å². The van der Waals surface area contributed by atoms with E-state index in [2.05, 4.69) is 78.2 Å². The lowest BCUT2D eigenvalue weighted by Gasteiger charge is -2.35. The zero-order valence-corrected chi connectivity index (χ0v) is 40.1. The number of piperazine rings is 2. The van der Waals surface area contributed by atoms with Gasteiger partial charge in [-0.1, -0.05) is 13.8 Å². The third-order valence-corrected chi connectivity index (χ3v) is 14.0. The highest BCUT2D eigenvalue weighted by Crippen LogP contribution is 2.36. The maximum absolute atomic E-state index is 13.3. The molecular weight excluding hydrogens is 907 g/mol. The first kappa shape index (κ1) is 46.4. The number of aryl methyl sites for hydroxylation is 2. The number of carbonyl (C=O) groups excluding carboxylic acids is 1. The quantitative estimate of drug-likeness (QED) is 0.122. The average Bonchev–Trinajstić information content (AvgIpc) is 4.21. The molecule has 0 unspecified atom stereocenters. The smallest absolute Gasteiger partial charge is 0.409 e. The minimum atomic E-state index is -0.390. The van der Waals surface area contributed by atoms with Gasteiger partial charge in [-0.3, -0.25) is 8.80 Å². The Hall–Kier alpha value is -6.67. The fourth-order valence-corrected chi connectivity index (χ4v) is 10.1. The van der Waals surface area contributed by atoms with Gasteiger partial charge in [0.25, 0.3) is 0 Å². The third-order valence-electron chi connectivity index (χ3n) is 12.1. The fourth-order valence-electron chi connectivity index (χ4n) is 8.52. The minimum absolute atomic E-state index is 0.0108. The molecule has 2 saturated heterocycles. The number of imidazole rings is 2. The zero-order valence-electron chi connectivity index (χ0n) is 38.5. The van der Waals surface area contributed by atoms with E-state index >= 15 is 0 Å². The first-order valence-electron chi connectivity index (χ1n) is 22.8. The van der Waals surface area contributed by atoms with E-state index < -0.39 is 6.09 Å². The van der Waals surface area contributed by atoms with Crippen LogP contribution >= 0.6 is 22.7 Å². The summed E-state index contributed by atoms with van der Waals surface area (Å²) >= 11 is 3.10. The van der Waals surface area contributed by atoms with Crippen LogP contribution in [0.4, 0.5) is 46.8 Å². The molecule has 15 nitrogen and oxygen atoms in total. The van der Waals surface area contributed by atoms with Gasteiger partial charge in [-0.15, -0.1) is 22.7 Å². The van der Waals surface area contributed by atoms with Crippen LogP contribution in [0.5, 0.6) is 0 Å². The molecule has 0 radical (unpaired) electrons. The number of carbonyl (C=O) groups is 1. The summed E-state index contributed by atoms with van der Waals surface area (Å²) in [4.78, 5) is 41.9. The Balaban J connectivity index is 0.000000172. The number of nitrogens with zero attached hydrogens (tertiary/aromatic N) is 11. The van der Waals surface area contributed by atoms with Crippen molar-refractivity contribution in [2.24, 2.45) is 0 Å². The molecule has 8 heterocycles. The Labute approximate surface area is 401 Å². The zero-order chi connectivity index (χ0) is 47.3. The largest absolute Gasteiger partial charge is 0.447 e. The number of aromatic nitrogens is 6. The van der Waals surface area contributed by atoms with E-state index in [0.29, 0.717) is 26.2 Å². The van der Waals surface area contributed by atoms with Crippen LogP contribution in [0.2, 0.25) is 0 Å². The Morgan fingerprint density at radius 2 is 1.12 bits per heavy atom. The summed E-state index contributed by atoms with van der Waals surface area (Å²) in [7, 11) is 4.02. The number of benzene rings is 2. The van der Waals surface area contributed by atoms with Crippen molar-refractivity contribution in [1.82, 2.24) is 39.0 Å². The van der Waals surface area contributed by atoms with Crippen LogP contribution in [0.1, 0.15) is 25.2 Å². The Kier molecular flexibility index (Phi) is 14.1. The lowest BCUT2D eigenvalue weighted by molar-refractivity contribution is 0.0825. The summed E-state index contributed by atoms with van der Waals surface area (Å²) in [5.74, 6) is 1.48. The van der Waals surface area contributed by atoms with E-state index in [9.17, 15) is 13.6 Å². The van der Waals surface area contributed by atoms with Crippen LogP contribution in [-0.4, -0.2) is 125 Å². The number of pyridine rings is 2. The number of halogens is 2. The van der Waals surface area contributed by atoms with Crippen molar-refractivity contribution in [1.29, 1.82) is 0 Å². The second-order valence-electron chi connectivity index (χ2n) is 16.4. The van der Waals surface area contributed by atoms with Gasteiger partial charge in [-0.2, -0.15) is 0 Å². The van der Waals surface area contributed by atoms with Crippen molar-refractivity contribution in [3.63, 3.8) is 0 Å². The molecule has 0 spiro atoms. The number of ether oxygens (including phenoxy) is 1. The summed E-state index contributed by atoms with van der Waals surface area (Å²) < 4.78 is 35.9. The van der Waals surface area contributed by atoms with Crippen molar-refractivity contribution in [2.75, 3.05) is 99.3 Å². The van der Waals surface area contributed by atoms with Gasteiger partial charge in [0.2, 0.25) is 0 Å². The highest BCUT2D eigenvalue weighted by atomic mass is 32.1. The third kappa shape index (κ3) is 9.83. The van der Waals surface area contributed by atoms with E-state index in [1.807, 2.05) is 30.9 Å². The first-order chi connectivity index (χ1) is 33.1. The topological polar surface area (TPSA) is 135 Å². The second-order valence-corrected chi connectivity index (χ2v) is 18.1. The molecule has 0 atom stereocenters. The van der Waals surface area contributed by atoms with Crippen molar-refractivity contribution in [2.45, 2.75) is 26.7 Å². The number of aliphatic hydroxyl groups is 1. The number of rotatable bonds is 12. The number of thiazole rings is 2. The number of amides is 1. The molecule has 2 aliphatic rings. The Morgan fingerprint density at radius 1 is 0.662 bits per heavy atom. The molecular formula is C49H54F2N12O3S2. The number of hydrogen-bond acceptors (Lipinski definition) is 14. The van der Waals surface area contributed by atoms with Crippen LogP contribution < -0.4 is 24.9 Å². The van der Waals surface area contributed by atoms with Crippen LogP contribution in [-0.2, 0) is 17.6 Å². The first-order valence-corrected chi connectivity index (χ1v) is 24.5. The molecule has 8 aromatic rings. The van der Waals surface area contributed by atoms with E-state index in [-0.39, 0.29) is 24.8 Å². The van der Waals surface area contributed by atoms with Gasteiger partial charge in [0, 0.05) is 101 Å². The molecule has 2 aliphatic heterocycles. The number of nitrogens with one attached hydrogen (secondary N) is 1. The number of aliphatic hydroxyl groups excluding tert-OH is 1. The van der Waals surface area contributed by atoms with Gasteiger partial charge in [-0.25, -0.2) is 33.5 Å². The predicted octanol–water partition coefficient (Wildman–Crippen LogP) is 8.51. The van der Waals surface area contributed by atoms with Gasteiger partial charge in [-0.05, 0) is 85.6 Å². The fraction of sp³-hybridized carbons (Fsp3) is 0.327. The number of hydrogen-bond donors (Lipinski definition) is 2. The van der Waals surface area contributed by atoms with Crippen molar-refractivity contribution in [3.05, 3.63) is 119 Å². The molecule has 10 rings (SSSR count). The molecule has 2 aromatic carbocycles. The van der Waals surface area contributed by atoms with Crippen LogP contribution in [0.15, 0.2) is 96.0 Å². The summed E-state index contributed by atoms with van der Waals surface area (Å²) in [6, 6.07) is 21.1. The van der Waals surface area contributed by atoms with Gasteiger partial charge < -0.3 is 39.7 Å². The second kappa shape index (κ2) is 20.7. The maximum Gasteiger partial charge on any atom is 0.409 e. The Morgan fingerprint density at radius 3 is 1.56 bits per heavy atom. The Bertz CT molecular complexity index is 2980. The standard InChI is InChI=1S/C26H29FN6O3S.C23H25FN6S/c1-3-21-24(30(2)25-29-22(17-37-25)18-4-6-19(27)7-5-18)33-16-20(8-9-23(33)28-21)31-10-12-32(13-11-31)26(35)36-15-14-34;1-3-19-22(28(2)23-27-20(15-31-23)16-4-6-17(24)7-5-16)30-14-18(8-9-21(30)26-19)29-12-10-25-11-13-29/h4-9,16-17,34H,3,10-15H2,1-2H3;4-9,14-15,25H,3,10-13H2,1-2H3. The van der Waals surface area contributed by atoms with Crippen molar-refractivity contribution >= 4 is 73.3 Å². The van der Waals surface area contributed by atoms with E-state index in [0.717, 1.165) is 112 Å². The molecule has 68 heavy (non-hydrogen) atoms. The summed E-state index contributed by atoms with van der Waals surface area (Å²) in [5.41, 5.74) is 9.46. The molecule has 354 valence electrons. The van der Waals surface area contributed by atoms with Gasteiger partial charge in [0.15, 0.2) is 10.3 Å². The molecule has 2 fully saturated rings. The monoisotopic (exact) mass is 960 g/mol. The van der Waals surface area contributed by atoms with E-state index in [1.165, 1.54) is 41.3 Å². The van der Waals surface area contributed by atoms with Crippen molar-refractivity contribution < 1.29 is 23.4 Å². The van der Waals surface area contributed by atoms with Gasteiger partial charge >= 0.3 is 6.09 Å². The molecule has 2 N–H and O–H groups in total. The van der Waals surface area contributed by atoms with Crippen LogP contribution in [0.25, 0.3) is 33.8 Å². The lowest BCUT2D eigenvalue weighted by atomic mass is 10.2. The highest BCUT2D eigenvalue weighted by Gasteiger charge is 2.25. The normalized spacial score (nSPS) is 14.1. The number of fused-ring (bicyclic) bond motifs is 2. The molecule has 0 aliphatic carbocycles. The maximum atomic E-state index is 13.3. The SMILES string of the molecule is CCc1nc2ccc(N3CCN(C(=O)OCCO)CC3)cn2c1N(C)c1nc(-c2ccc(F)cc2)cs1.CCc1nc2ccc(N3CCNCC3)cn2c1N(C)c1nc(-c2ccc(F)cc2)cs1. The molecule has 0 saturated carbocycles. The lowest BCUT2D eigenvalue weighted by Crippen LogP contribution is -2.49. The van der Waals surface area contributed by atoms with Crippen LogP contribution in [0, 0.1) is 11.6 Å². The highest BCUT2D eigenvalue weighted by molar-refractivity contribution is 7.14.